The van der Waals surface area contributed by atoms with Crippen LogP contribution in [0.4, 0.5) is 0 Å². The van der Waals surface area contributed by atoms with Crippen molar-refractivity contribution in [2.75, 3.05) is 26.4 Å². The van der Waals surface area contributed by atoms with Gasteiger partial charge in [0.15, 0.2) is 0 Å². The smallest absolute Gasteiger partial charge is 0.339 e. The summed E-state index contributed by atoms with van der Waals surface area (Å²) in [5.74, 6) is -2.96. The Morgan fingerprint density at radius 1 is 0.625 bits per heavy atom. The molecule has 8 heteroatoms. The van der Waals surface area contributed by atoms with Crippen LogP contribution in [-0.4, -0.2) is 50.3 Å². The third-order valence-corrected chi connectivity index (χ3v) is 4.34. The standard InChI is InChI=1S/C24H26O8/c1-5-29-21(25)16-11-9-10-15(14-16)17-12-13-18(22(26)30-6-2)20(24(28)32-8-4)19(17)23(27)31-7-3/h9-14H,5-8H2,1-4H3. The number of carbonyl (C=O) groups excluding carboxylic acids is 4. The molecular formula is C24H26O8. The summed E-state index contributed by atoms with van der Waals surface area (Å²) in [6, 6.07) is 9.30. The molecule has 32 heavy (non-hydrogen) atoms. The lowest BCUT2D eigenvalue weighted by molar-refractivity contribution is 0.0459. The van der Waals surface area contributed by atoms with Gasteiger partial charge in [-0.25, -0.2) is 19.2 Å². The molecule has 0 saturated carbocycles. The van der Waals surface area contributed by atoms with E-state index in [2.05, 4.69) is 0 Å². The number of rotatable bonds is 9. The van der Waals surface area contributed by atoms with E-state index < -0.39 is 23.9 Å². The molecule has 2 aromatic carbocycles. The van der Waals surface area contributed by atoms with Crippen LogP contribution in [0.2, 0.25) is 0 Å². The zero-order chi connectivity index (χ0) is 23.7. The summed E-state index contributed by atoms with van der Waals surface area (Å²) in [5, 5.41) is 0. The molecule has 0 spiro atoms. The van der Waals surface area contributed by atoms with Gasteiger partial charge in [0.05, 0.1) is 48.7 Å². The number of hydrogen-bond acceptors (Lipinski definition) is 8. The summed E-state index contributed by atoms with van der Waals surface area (Å²) in [4.78, 5) is 50.5. The molecule has 0 bridgehead atoms. The average molecular weight is 442 g/mol. The van der Waals surface area contributed by atoms with Gasteiger partial charge in [-0.05, 0) is 57.0 Å². The van der Waals surface area contributed by atoms with Gasteiger partial charge in [-0.15, -0.1) is 0 Å². The SMILES string of the molecule is CCOC(=O)c1cccc(-c2ccc(C(=O)OCC)c(C(=O)OCC)c2C(=O)OCC)c1. The molecule has 0 amide bonds. The summed E-state index contributed by atoms with van der Waals surface area (Å²) in [6.45, 7) is 6.93. The highest BCUT2D eigenvalue weighted by molar-refractivity contribution is 6.13. The number of esters is 4. The number of hydrogen-bond donors (Lipinski definition) is 0. The van der Waals surface area contributed by atoms with Crippen LogP contribution in [0.3, 0.4) is 0 Å². The van der Waals surface area contributed by atoms with Gasteiger partial charge in [0.25, 0.3) is 0 Å². The van der Waals surface area contributed by atoms with E-state index in [1.807, 2.05) is 0 Å². The normalized spacial score (nSPS) is 10.2. The highest BCUT2D eigenvalue weighted by Gasteiger charge is 2.30. The third kappa shape index (κ3) is 5.51. The van der Waals surface area contributed by atoms with Crippen molar-refractivity contribution in [3.63, 3.8) is 0 Å². The Kier molecular flexibility index (Phi) is 8.95. The largest absolute Gasteiger partial charge is 0.462 e. The fourth-order valence-corrected chi connectivity index (χ4v) is 3.08. The number of carbonyl (C=O) groups is 4. The maximum Gasteiger partial charge on any atom is 0.339 e. The molecule has 0 aliphatic heterocycles. The second kappa shape index (κ2) is 11.6. The molecule has 2 aromatic rings. The van der Waals surface area contributed by atoms with Crippen LogP contribution in [0.15, 0.2) is 36.4 Å². The van der Waals surface area contributed by atoms with Gasteiger partial charge >= 0.3 is 23.9 Å². The van der Waals surface area contributed by atoms with Crippen LogP contribution < -0.4 is 0 Å². The van der Waals surface area contributed by atoms with E-state index in [9.17, 15) is 19.2 Å². The molecule has 0 atom stereocenters. The monoisotopic (exact) mass is 442 g/mol. The van der Waals surface area contributed by atoms with Crippen molar-refractivity contribution in [3.8, 4) is 11.1 Å². The molecule has 0 aliphatic rings. The second-order valence-electron chi connectivity index (χ2n) is 6.37. The van der Waals surface area contributed by atoms with Gasteiger partial charge < -0.3 is 18.9 Å². The minimum Gasteiger partial charge on any atom is -0.462 e. The molecule has 8 nitrogen and oxygen atoms in total. The zero-order valence-corrected chi connectivity index (χ0v) is 18.6. The van der Waals surface area contributed by atoms with E-state index >= 15 is 0 Å². The van der Waals surface area contributed by atoms with Crippen LogP contribution in [-0.2, 0) is 18.9 Å². The molecule has 0 radical (unpaired) electrons. The topological polar surface area (TPSA) is 105 Å². The Bertz CT molecular complexity index is 1010. The van der Waals surface area contributed by atoms with Gasteiger partial charge in [-0.1, -0.05) is 18.2 Å². The lowest BCUT2D eigenvalue weighted by Gasteiger charge is -2.17. The summed E-state index contributed by atoms with van der Waals surface area (Å²) >= 11 is 0. The molecule has 0 aromatic heterocycles. The molecular weight excluding hydrogens is 416 g/mol. The minimum atomic E-state index is -0.859. The lowest BCUT2D eigenvalue weighted by Crippen LogP contribution is -2.21. The molecule has 0 saturated heterocycles. The Labute approximate surface area is 186 Å². The molecule has 170 valence electrons. The summed E-state index contributed by atoms with van der Waals surface area (Å²) in [6.07, 6.45) is 0. The summed E-state index contributed by atoms with van der Waals surface area (Å²) in [5.41, 5.74) is 0.523. The van der Waals surface area contributed by atoms with Gasteiger partial charge in [0, 0.05) is 0 Å². The first-order chi connectivity index (χ1) is 15.4. The zero-order valence-electron chi connectivity index (χ0n) is 18.6. The predicted octanol–water partition coefficient (Wildman–Crippen LogP) is 4.06. The van der Waals surface area contributed by atoms with Gasteiger partial charge in [0.1, 0.15) is 0 Å². The van der Waals surface area contributed by atoms with E-state index in [0.717, 1.165) is 0 Å². The van der Waals surface area contributed by atoms with E-state index in [1.165, 1.54) is 18.2 Å². The van der Waals surface area contributed by atoms with E-state index in [4.69, 9.17) is 18.9 Å². The molecule has 0 heterocycles. The predicted molar refractivity (Wildman–Crippen MR) is 116 cm³/mol. The van der Waals surface area contributed by atoms with Crippen LogP contribution in [0.1, 0.15) is 69.1 Å². The van der Waals surface area contributed by atoms with Gasteiger partial charge in [-0.2, -0.15) is 0 Å². The van der Waals surface area contributed by atoms with E-state index in [1.54, 1.807) is 45.9 Å². The van der Waals surface area contributed by atoms with Crippen molar-refractivity contribution < 1.29 is 38.1 Å². The van der Waals surface area contributed by atoms with Crippen molar-refractivity contribution in [1.82, 2.24) is 0 Å². The van der Waals surface area contributed by atoms with Crippen LogP contribution in [0.25, 0.3) is 11.1 Å². The van der Waals surface area contributed by atoms with Crippen molar-refractivity contribution in [2.45, 2.75) is 27.7 Å². The molecule has 0 unspecified atom stereocenters. The summed E-state index contributed by atoms with van der Waals surface area (Å²) in [7, 11) is 0. The number of ether oxygens (including phenoxy) is 4. The van der Waals surface area contributed by atoms with Crippen LogP contribution in [0.5, 0.6) is 0 Å². The molecule has 0 N–H and O–H groups in total. The quantitative estimate of drug-likeness (QED) is 0.423. The van der Waals surface area contributed by atoms with Gasteiger partial charge in [-0.3, -0.25) is 0 Å². The fraction of sp³-hybridized carbons (Fsp3) is 0.333. The third-order valence-electron chi connectivity index (χ3n) is 4.34. The van der Waals surface area contributed by atoms with E-state index in [0.29, 0.717) is 11.1 Å². The average Bonchev–Trinajstić information content (AvgIpc) is 2.78. The van der Waals surface area contributed by atoms with E-state index in [-0.39, 0.29) is 48.7 Å². The van der Waals surface area contributed by atoms with Crippen molar-refractivity contribution >= 4 is 23.9 Å². The lowest BCUT2D eigenvalue weighted by atomic mass is 9.91. The molecule has 0 aliphatic carbocycles. The highest BCUT2D eigenvalue weighted by atomic mass is 16.5. The van der Waals surface area contributed by atoms with Crippen molar-refractivity contribution in [1.29, 1.82) is 0 Å². The first-order valence-corrected chi connectivity index (χ1v) is 10.3. The Balaban J connectivity index is 2.81. The maximum atomic E-state index is 12.9. The Morgan fingerprint density at radius 3 is 1.75 bits per heavy atom. The second-order valence-corrected chi connectivity index (χ2v) is 6.37. The van der Waals surface area contributed by atoms with Crippen molar-refractivity contribution in [3.05, 3.63) is 58.7 Å². The molecule has 2 rings (SSSR count). The fourth-order valence-electron chi connectivity index (χ4n) is 3.08. The maximum absolute atomic E-state index is 12.9. The van der Waals surface area contributed by atoms with Crippen LogP contribution in [0, 0.1) is 0 Å². The molecule has 0 fully saturated rings. The minimum absolute atomic E-state index is 0.0337. The van der Waals surface area contributed by atoms with Crippen molar-refractivity contribution in [2.24, 2.45) is 0 Å². The number of benzene rings is 2. The Morgan fingerprint density at radius 2 is 1.16 bits per heavy atom. The highest BCUT2D eigenvalue weighted by Crippen LogP contribution is 2.31. The first-order valence-electron chi connectivity index (χ1n) is 10.3. The summed E-state index contributed by atoms with van der Waals surface area (Å²) < 4.78 is 20.4. The first kappa shape index (κ1) is 24.6. The van der Waals surface area contributed by atoms with Gasteiger partial charge in [0.2, 0.25) is 0 Å². The van der Waals surface area contributed by atoms with Crippen LogP contribution >= 0.6 is 0 Å². The Hall–Kier alpha value is -3.68.